The second-order valence-electron chi connectivity index (χ2n) is 9.64. The van der Waals surface area contributed by atoms with Crippen LogP contribution in [0.3, 0.4) is 0 Å². The fraction of sp³-hybridized carbons (Fsp3) is 0.308. The molecule has 1 atom stereocenters. The highest BCUT2D eigenvalue weighted by Crippen LogP contribution is 2.27. The minimum Gasteiger partial charge on any atom is -0.444 e. The molecule has 2 aromatic carbocycles. The number of hydrogen-bond donors (Lipinski definition) is 2. The van der Waals surface area contributed by atoms with Crippen molar-refractivity contribution in [2.45, 2.75) is 51.8 Å². The molecule has 0 saturated carbocycles. The summed E-state index contributed by atoms with van der Waals surface area (Å²) in [5.41, 5.74) is -3.74. The Morgan fingerprint density at radius 2 is 1.48 bits per heavy atom. The quantitative estimate of drug-likeness (QED) is 0.275. The van der Waals surface area contributed by atoms with E-state index in [1.54, 1.807) is 69.3 Å². The van der Waals surface area contributed by atoms with Gasteiger partial charge in [-0.15, -0.1) is 0 Å². The van der Waals surface area contributed by atoms with E-state index in [-0.39, 0.29) is 11.5 Å². The number of hydrogen-bond acceptors (Lipinski definition) is 8. The van der Waals surface area contributed by atoms with Crippen molar-refractivity contribution in [1.29, 1.82) is 0 Å². The van der Waals surface area contributed by atoms with Crippen molar-refractivity contribution in [3.63, 3.8) is 0 Å². The number of aromatic nitrogens is 2. The van der Waals surface area contributed by atoms with Gasteiger partial charge in [-0.1, -0.05) is 24.3 Å². The van der Waals surface area contributed by atoms with Crippen LogP contribution in [-0.2, 0) is 14.9 Å². The number of amides is 2. The van der Waals surface area contributed by atoms with Gasteiger partial charge in [-0.05, 0) is 70.0 Å². The molecule has 2 N–H and O–H groups in total. The van der Waals surface area contributed by atoms with Crippen molar-refractivity contribution in [1.82, 2.24) is 15.3 Å². The Morgan fingerprint density at radius 3 is 2.00 bits per heavy atom. The Labute approximate surface area is 229 Å². The average molecular weight is 581 g/mol. The topological polar surface area (TPSA) is 137 Å². The number of aryl methyl sites for hydroxylation is 1. The van der Waals surface area contributed by atoms with Gasteiger partial charge in [-0.25, -0.2) is 9.78 Å². The Morgan fingerprint density at radius 1 is 0.925 bits per heavy atom. The van der Waals surface area contributed by atoms with Crippen LogP contribution in [0.5, 0.6) is 5.88 Å². The average Bonchev–Trinajstić information content (AvgIpc) is 2.82. The number of nitrogens with zero attached hydrogens (tertiary/aromatic N) is 2. The molecular formula is C26H27F3N4O6S. The number of ether oxygens (including phenoxy) is 1. The summed E-state index contributed by atoms with van der Waals surface area (Å²) in [6, 6.07) is 13.7. The maximum absolute atomic E-state index is 12.8. The molecule has 0 aliphatic rings. The van der Waals surface area contributed by atoms with Gasteiger partial charge >= 0.3 is 21.7 Å². The molecule has 0 radical (unpaired) electrons. The number of carbonyl (C=O) groups excluding carboxylic acids is 2. The third-order valence-corrected chi connectivity index (χ3v) is 6.07. The lowest BCUT2D eigenvalue weighted by atomic mass is 10.0. The zero-order chi connectivity index (χ0) is 29.9. The molecule has 3 aromatic rings. The number of anilines is 1. The lowest BCUT2D eigenvalue weighted by Gasteiger charge is -2.19. The van der Waals surface area contributed by atoms with Crippen molar-refractivity contribution in [3.8, 4) is 17.0 Å². The fourth-order valence-corrected chi connectivity index (χ4v) is 3.73. The number of benzene rings is 2. The minimum absolute atomic E-state index is 0.0462. The van der Waals surface area contributed by atoms with Gasteiger partial charge in [0.25, 0.3) is 5.91 Å². The standard InChI is InChI=1S/C26H27F3N4O6S/c1-15(21-14-22(32-16(2)31-21)39-40(36,37)26(27,28)29)30-23(34)19-8-6-17(7-9-19)18-10-12-20(13-11-18)33-24(35)38-25(3,4)5/h6-15H,1-5H3,(H,30,34)(H,33,35)/t15-/m0/s1. The maximum atomic E-state index is 12.8. The van der Waals surface area contributed by atoms with E-state index in [1.165, 1.54) is 13.8 Å². The van der Waals surface area contributed by atoms with Crippen LogP contribution >= 0.6 is 0 Å². The van der Waals surface area contributed by atoms with Crippen LogP contribution in [0.4, 0.5) is 23.7 Å². The van der Waals surface area contributed by atoms with E-state index in [0.29, 0.717) is 11.3 Å². The molecule has 3 rings (SSSR count). The first kappa shape index (κ1) is 30.3. The highest BCUT2D eigenvalue weighted by Gasteiger charge is 2.49. The molecule has 0 fully saturated rings. The Balaban J connectivity index is 1.66. The third-order valence-electron chi connectivity index (χ3n) is 5.11. The summed E-state index contributed by atoms with van der Waals surface area (Å²) < 4.78 is 69.9. The molecule has 0 unspecified atom stereocenters. The van der Waals surface area contributed by atoms with Crippen LogP contribution in [0.2, 0.25) is 0 Å². The molecule has 14 heteroatoms. The van der Waals surface area contributed by atoms with Gasteiger partial charge in [0.2, 0.25) is 5.88 Å². The Bertz CT molecular complexity index is 1490. The zero-order valence-corrected chi connectivity index (χ0v) is 23.0. The number of carbonyl (C=O) groups is 2. The summed E-state index contributed by atoms with van der Waals surface area (Å²) in [6.07, 6.45) is -0.572. The van der Waals surface area contributed by atoms with Gasteiger partial charge in [0.15, 0.2) is 0 Å². The number of rotatable bonds is 7. The van der Waals surface area contributed by atoms with Crippen LogP contribution in [-0.4, -0.2) is 41.5 Å². The van der Waals surface area contributed by atoms with Gasteiger partial charge in [0.1, 0.15) is 11.4 Å². The van der Waals surface area contributed by atoms with E-state index in [9.17, 15) is 31.2 Å². The monoisotopic (exact) mass is 580 g/mol. The lowest BCUT2D eigenvalue weighted by molar-refractivity contribution is -0.0501. The summed E-state index contributed by atoms with van der Waals surface area (Å²) in [5, 5.41) is 5.30. The second-order valence-corrected chi connectivity index (χ2v) is 11.2. The molecule has 0 aliphatic carbocycles. The normalized spacial score (nSPS) is 12.8. The van der Waals surface area contributed by atoms with E-state index < -0.39 is 45.1 Å². The third kappa shape index (κ3) is 8.15. The van der Waals surface area contributed by atoms with Crippen LogP contribution in [0, 0.1) is 6.92 Å². The summed E-state index contributed by atoms with van der Waals surface area (Å²) in [5.74, 6) is -1.38. The summed E-state index contributed by atoms with van der Waals surface area (Å²) in [7, 11) is -5.92. The smallest absolute Gasteiger partial charge is 0.444 e. The van der Waals surface area contributed by atoms with E-state index in [2.05, 4.69) is 24.8 Å². The summed E-state index contributed by atoms with van der Waals surface area (Å²) >= 11 is 0. The SMILES string of the molecule is Cc1nc(OS(=O)(=O)C(F)(F)F)cc([C@H](C)NC(=O)c2ccc(-c3ccc(NC(=O)OC(C)(C)C)cc3)cc2)n1. The first-order chi connectivity index (χ1) is 18.4. The number of alkyl halides is 3. The van der Waals surface area contributed by atoms with Gasteiger partial charge in [0.05, 0.1) is 11.7 Å². The van der Waals surface area contributed by atoms with E-state index in [0.717, 1.165) is 17.2 Å². The zero-order valence-electron chi connectivity index (χ0n) is 22.2. The Kier molecular flexibility index (Phi) is 8.72. The molecule has 0 aliphatic heterocycles. The molecule has 0 bridgehead atoms. The van der Waals surface area contributed by atoms with E-state index >= 15 is 0 Å². The highest BCUT2D eigenvalue weighted by molar-refractivity contribution is 7.87. The Hall–Kier alpha value is -4.20. The molecule has 1 heterocycles. The summed E-state index contributed by atoms with van der Waals surface area (Å²) in [4.78, 5) is 32.3. The van der Waals surface area contributed by atoms with Crippen LogP contribution in [0.1, 0.15) is 55.6 Å². The first-order valence-corrected chi connectivity index (χ1v) is 13.2. The molecular weight excluding hydrogens is 553 g/mol. The van der Waals surface area contributed by atoms with Crippen LogP contribution in [0.25, 0.3) is 11.1 Å². The second kappa shape index (κ2) is 11.5. The van der Waals surface area contributed by atoms with Crippen LogP contribution < -0.4 is 14.8 Å². The number of halogens is 3. The van der Waals surface area contributed by atoms with Gasteiger partial charge in [-0.3, -0.25) is 10.1 Å². The predicted octanol–water partition coefficient (Wildman–Crippen LogP) is 5.52. The summed E-state index contributed by atoms with van der Waals surface area (Å²) in [6.45, 7) is 8.14. The molecule has 1 aromatic heterocycles. The van der Waals surface area contributed by atoms with Crippen LogP contribution in [0.15, 0.2) is 54.6 Å². The molecule has 2 amide bonds. The van der Waals surface area contributed by atoms with Crippen molar-refractivity contribution in [3.05, 3.63) is 71.7 Å². The largest absolute Gasteiger partial charge is 0.534 e. The number of nitrogens with one attached hydrogen (secondary N) is 2. The fourth-order valence-electron chi connectivity index (χ4n) is 3.32. The maximum Gasteiger partial charge on any atom is 0.534 e. The van der Waals surface area contributed by atoms with Gasteiger partial charge < -0.3 is 14.2 Å². The van der Waals surface area contributed by atoms with Crippen molar-refractivity contribution in [2.75, 3.05) is 5.32 Å². The molecule has 40 heavy (non-hydrogen) atoms. The highest BCUT2D eigenvalue weighted by atomic mass is 32.2. The molecule has 10 nitrogen and oxygen atoms in total. The predicted molar refractivity (Wildman–Crippen MR) is 140 cm³/mol. The first-order valence-electron chi connectivity index (χ1n) is 11.8. The van der Waals surface area contributed by atoms with Crippen molar-refractivity contribution in [2.24, 2.45) is 0 Å². The van der Waals surface area contributed by atoms with E-state index in [4.69, 9.17) is 4.74 Å². The van der Waals surface area contributed by atoms with Gasteiger partial charge in [-0.2, -0.15) is 26.6 Å². The molecule has 214 valence electrons. The van der Waals surface area contributed by atoms with E-state index in [1.807, 2.05) is 0 Å². The lowest BCUT2D eigenvalue weighted by Crippen LogP contribution is -2.29. The molecule has 0 saturated heterocycles. The van der Waals surface area contributed by atoms with Crippen molar-refractivity contribution < 1.29 is 40.1 Å². The molecule has 0 spiro atoms. The van der Waals surface area contributed by atoms with Crippen molar-refractivity contribution >= 4 is 27.8 Å². The minimum atomic E-state index is -5.92. The van der Waals surface area contributed by atoms with Gasteiger partial charge in [0, 0.05) is 17.3 Å².